The van der Waals surface area contributed by atoms with Crippen molar-refractivity contribution in [2.45, 2.75) is 45.8 Å². The first-order valence-corrected chi connectivity index (χ1v) is 9.57. The molecule has 0 bridgehead atoms. The minimum Gasteiger partial charge on any atom is -0.307 e. The van der Waals surface area contributed by atoms with Gasteiger partial charge in [0.05, 0.1) is 18.7 Å². The van der Waals surface area contributed by atoms with Gasteiger partial charge in [0, 0.05) is 0 Å². The van der Waals surface area contributed by atoms with Crippen LogP contribution in [0.15, 0.2) is 24.3 Å². The number of fused-ring (bicyclic) bond motifs is 1. The van der Waals surface area contributed by atoms with E-state index in [9.17, 15) is 4.57 Å². The second-order valence-electron chi connectivity index (χ2n) is 5.20. The third-order valence-electron chi connectivity index (χ3n) is 3.30. The van der Waals surface area contributed by atoms with Gasteiger partial charge in [-0.2, -0.15) is 0 Å². The van der Waals surface area contributed by atoms with Crippen molar-refractivity contribution in [1.29, 1.82) is 0 Å². The maximum atomic E-state index is 12.9. The van der Waals surface area contributed by atoms with Crippen LogP contribution in [0.2, 0.25) is 0 Å². The van der Waals surface area contributed by atoms with Crippen LogP contribution in [0.3, 0.4) is 0 Å². The fraction of sp³-hybridized carbons (Fsp3) is 0.600. The third kappa shape index (κ3) is 4.63. The molecule has 22 heavy (non-hydrogen) atoms. The fourth-order valence-corrected chi connectivity index (χ4v) is 3.59. The molecule has 0 radical (unpaired) electrons. The van der Waals surface area contributed by atoms with Gasteiger partial charge < -0.3 is 9.05 Å². The van der Waals surface area contributed by atoms with E-state index >= 15 is 0 Å². The summed E-state index contributed by atoms with van der Waals surface area (Å²) in [5, 5.41) is 8.15. The van der Waals surface area contributed by atoms with Crippen LogP contribution in [0.4, 0.5) is 0 Å². The Kier molecular flexibility index (Phi) is 6.55. The number of benzene rings is 1. The first-order valence-electron chi connectivity index (χ1n) is 7.85. The minimum absolute atomic E-state index is 0.0982. The van der Waals surface area contributed by atoms with Gasteiger partial charge >= 0.3 is 7.60 Å². The highest BCUT2D eigenvalue weighted by Crippen LogP contribution is 2.50. The Balaban J connectivity index is 2.12. The largest absolute Gasteiger partial charge is 0.352 e. The fourth-order valence-electron chi connectivity index (χ4n) is 2.00. The van der Waals surface area contributed by atoms with Crippen molar-refractivity contribution in [2.75, 3.05) is 13.2 Å². The van der Waals surface area contributed by atoms with Crippen molar-refractivity contribution >= 4 is 18.6 Å². The van der Waals surface area contributed by atoms with Gasteiger partial charge in [0.15, 0.2) is 0 Å². The van der Waals surface area contributed by atoms with Gasteiger partial charge in [-0.25, -0.2) is 4.68 Å². The van der Waals surface area contributed by atoms with E-state index in [1.807, 2.05) is 24.3 Å². The first kappa shape index (κ1) is 17.1. The van der Waals surface area contributed by atoms with E-state index in [1.54, 1.807) is 4.68 Å². The Morgan fingerprint density at radius 1 is 1.09 bits per heavy atom. The molecule has 0 unspecified atom stereocenters. The molecule has 0 fully saturated rings. The molecule has 7 heteroatoms. The Labute approximate surface area is 131 Å². The number of aromatic nitrogens is 3. The number of hydrogen-bond acceptors (Lipinski definition) is 5. The van der Waals surface area contributed by atoms with Gasteiger partial charge in [-0.15, -0.1) is 5.10 Å². The van der Waals surface area contributed by atoms with Crippen molar-refractivity contribution in [3.05, 3.63) is 24.3 Å². The second-order valence-corrected chi connectivity index (χ2v) is 7.22. The quantitative estimate of drug-likeness (QED) is 0.483. The Morgan fingerprint density at radius 2 is 1.73 bits per heavy atom. The van der Waals surface area contributed by atoms with Crippen molar-refractivity contribution in [3.63, 3.8) is 0 Å². The molecular formula is C15H24N3O3P. The molecule has 0 aliphatic heterocycles. The van der Waals surface area contributed by atoms with E-state index in [4.69, 9.17) is 9.05 Å². The lowest BCUT2D eigenvalue weighted by molar-refractivity contribution is 0.193. The molecule has 0 saturated carbocycles. The average Bonchev–Trinajstić information content (AvgIpc) is 2.91. The molecule has 2 aromatic rings. The second kappa shape index (κ2) is 8.42. The van der Waals surface area contributed by atoms with E-state index in [0.717, 1.165) is 36.7 Å². The van der Waals surface area contributed by atoms with Crippen LogP contribution in [0.25, 0.3) is 11.0 Å². The van der Waals surface area contributed by atoms with Crippen molar-refractivity contribution in [3.8, 4) is 0 Å². The van der Waals surface area contributed by atoms with Crippen LogP contribution >= 0.6 is 7.60 Å². The molecule has 0 spiro atoms. The molecule has 0 amide bonds. The molecule has 0 saturated heterocycles. The van der Waals surface area contributed by atoms with Crippen LogP contribution in [0.1, 0.15) is 39.5 Å². The van der Waals surface area contributed by atoms with Crippen molar-refractivity contribution < 1.29 is 13.6 Å². The summed E-state index contributed by atoms with van der Waals surface area (Å²) in [5.74, 6) is 0. The summed E-state index contributed by atoms with van der Waals surface area (Å²) in [6.45, 7) is 5.01. The molecule has 0 aliphatic rings. The molecule has 1 aromatic carbocycles. The van der Waals surface area contributed by atoms with E-state index in [0.29, 0.717) is 13.2 Å². The summed E-state index contributed by atoms with van der Waals surface area (Å²) in [6.07, 6.45) is 3.79. The van der Waals surface area contributed by atoms with Gasteiger partial charge in [0.1, 0.15) is 11.8 Å². The van der Waals surface area contributed by atoms with Gasteiger partial charge in [-0.1, -0.05) is 44.0 Å². The highest BCUT2D eigenvalue weighted by atomic mass is 31.2. The molecule has 0 N–H and O–H groups in total. The molecular weight excluding hydrogens is 301 g/mol. The summed E-state index contributed by atoms with van der Waals surface area (Å²) in [6, 6.07) is 7.58. The molecule has 1 aromatic heterocycles. The summed E-state index contributed by atoms with van der Waals surface area (Å²) >= 11 is 0. The van der Waals surface area contributed by atoms with Gasteiger partial charge in [0.2, 0.25) is 0 Å². The lowest BCUT2D eigenvalue weighted by Crippen LogP contribution is -2.08. The average molecular weight is 325 g/mol. The summed E-state index contributed by atoms with van der Waals surface area (Å²) in [4.78, 5) is 0. The highest BCUT2D eigenvalue weighted by Gasteiger charge is 2.26. The number of para-hydroxylation sites is 1. The van der Waals surface area contributed by atoms with E-state index in [1.165, 1.54) is 0 Å². The van der Waals surface area contributed by atoms with Crippen LogP contribution in [-0.4, -0.2) is 28.2 Å². The van der Waals surface area contributed by atoms with Gasteiger partial charge in [-0.05, 0) is 25.0 Å². The topological polar surface area (TPSA) is 66.2 Å². The number of unbranched alkanes of at least 4 members (excludes halogenated alkanes) is 2. The van der Waals surface area contributed by atoms with Crippen LogP contribution in [-0.2, 0) is 19.9 Å². The zero-order valence-corrected chi connectivity index (χ0v) is 14.2. The molecule has 6 nitrogen and oxygen atoms in total. The molecule has 0 aliphatic carbocycles. The molecule has 2 rings (SSSR count). The van der Waals surface area contributed by atoms with Gasteiger partial charge in [-0.3, -0.25) is 4.57 Å². The smallest absolute Gasteiger partial charge is 0.307 e. The molecule has 0 atom stereocenters. The Bertz CT molecular complexity index is 615. The summed E-state index contributed by atoms with van der Waals surface area (Å²) in [7, 11) is -3.21. The Hall–Kier alpha value is -1.23. The predicted molar refractivity (Wildman–Crippen MR) is 86.9 cm³/mol. The van der Waals surface area contributed by atoms with Crippen molar-refractivity contribution in [2.24, 2.45) is 0 Å². The number of nitrogens with zero attached hydrogens (tertiary/aromatic N) is 3. The standard InChI is InChI=1S/C15H24N3O3P/c1-3-5-11-20-22(19,21-12-6-4-2)13-18-15-10-8-7-9-14(15)16-17-18/h7-10H,3-6,11-13H2,1-2H3. The SMILES string of the molecule is CCCCOP(=O)(Cn1nnc2ccccc21)OCCCC. The predicted octanol–water partition coefficient (Wildman–Crippen LogP) is 4.22. The maximum Gasteiger partial charge on any atom is 0.352 e. The van der Waals surface area contributed by atoms with Crippen LogP contribution in [0, 0.1) is 0 Å². The highest BCUT2D eigenvalue weighted by molar-refractivity contribution is 7.52. The number of rotatable bonds is 10. The summed E-state index contributed by atoms with van der Waals surface area (Å²) < 4.78 is 25.7. The third-order valence-corrected chi connectivity index (χ3v) is 5.07. The van der Waals surface area contributed by atoms with E-state index in [2.05, 4.69) is 24.2 Å². The van der Waals surface area contributed by atoms with Gasteiger partial charge in [0.25, 0.3) is 0 Å². The molecule has 122 valence electrons. The van der Waals surface area contributed by atoms with Crippen LogP contribution < -0.4 is 0 Å². The maximum absolute atomic E-state index is 12.9. The number of hydrogen-bond donors (Lipinski definition) is 0. The van der Waals surface area contributed by atoms with Crippen molar-refractivity contribution in [1.82, 2.24) is 15.0 Å². The van der Waals surface area contributed by atoms with E-state index < -0.39 is 7.60 Å². The van der Waals surface area contributed by atoms with E-state index in [-0.39, 0.29) is 6.29 Å². The van der Waals surface area contributed by atoms with Crippen LogP contribution in [0.5, 0.6) is 0 Å². The normalized spacial score (nSPS) is 12.1. The lowest BCUT2D eigenvalue weighted by Gasteiger charge is -2.18. The first-order chi connectivity index (χ1) is 10.7. The summed E-state index contributed by atoms with van der Waals surface area (Å²) in [5.41, 5.74) is 1.61. The zero-order valence-electron chi connectivity index (χ0n) is 13.3. The lowest BCUT2D eigenvalue weighted by atomic mass is 10.3. The monoisotopic (exact) mass is 325 g/mol. The zero-order chi connectivity index (χ0) is 15.8. The minimum atomic E-state index is -3.21. The molecule has 1 heterocycles. The Morgan fingerprint density at radius 3 is 2.36 bits per heavy atom.